The first-order valence-electron chi connectivity index (χ1n) is 25.1. The van der Waals surface area contributed by atoms with Gasteiger partial charge in [0.1, 0.15) is 0 Å². The highest BCUT2D eigenvalue weighted by molar-refractivity contribution is 6.26. The minimum absolute atomic E-state index is 0.541. The summed E-state index contributed by atoms with van der Waals surface area (Å²) in [5.41, 5.74) is 20.2. The lowest BCUT2D eigenvalue weighted by Crippen LogP contribution is -2.26. The van der Waals surface area contributed by atoms with E-state index >= 15 is 0 Å². The SMILES string of the molecule is c1ccc(-c2cc(-c3ccccc3)cc(N(c3ccc4c5ccccc5c5ccccc5c4c3)c3cc4c(cc3-c3ccc5ccccc5c3)-c3ccccc3C43c4ccccc4-c4ccccc43)c2)cc1. The van der Waals surface area contributed by atoms with Crippen LogP contribution in [-0.4, -0.2) is 0 Å². The lowest BCUT2D eigenvalue weighted by atomic mass is 9.70. The van der Waals surface area contributed by atoms with Crippen molar-refractivity contribution in [2.45, 2.75) is 5.41 Å². The summed E-state index contributed by atoms with van der Waals surface area (Å²) in [5.74, 6) is 0. The molecule has 13 aromatic rings. The summed E-state index contributed by atoms with van der Waals surface area (Å²) in [4.78, 5) is 2.58. The maximum absolute atomic E-state index is 2.58. The van der Waals surface area contributed by atoms with Gasteiger partial charge in [0.2, 0.25) is 0 Å². The van der Waals surface area contributed by atoms with E-state index in [0.717, 1.165) is 28.2 Å². The minimum atomic E-state index is -0.541. The van der Waals surface area contributed by atoms with Gasteiger partial charge in [-0.25, -0.2) is 0 Å². The topological polar surface area (TPSA) is 3.24 Å². The highest BCUT2D eigenvalue weighted by Crippen LogP contribution is 2.64. The van der Waals surface area contributed by atoms with Crippen LogP contribution in [0, 0.1) is 0 Å². The fourth-order valence-corrected chi connectivity index (χ4v) is 12.7. The number of benzene rings is 13. The predicted molar refractivity (Wildman–Crippen MR) is 304 cm³/mol. The molecule has 0 atom stereocenters. The first-order chi connectivity index (χ1) is 35.7. The van der Waals surface area contributed by atoms with E-state index < -0.39 is 5.41 Å². The molecule has 1 spiro atoms. The number of rotatable bonds is 6. The Morgan fingerprint density at radius 1 is 0.222 bits per heavy atom. The normalized spacial score (nSPS) is 12.8. The third-order valence-corrected chi connectivity index (χ3v) is 15.8. The largest absolute Gasteiger partial charge is 0.310 e. The van der Waals surface area contributed by atoms with E-state index in [9.17, 15) is 0 Å². The van der Waals surface area contributed by atoms with Crippen molar-refractivity contribution in [1.82, 2.24) is 0 Å². The summed E-state index contributed by atoms with van der Waals surface area (Å²) >= 11 is 0. The molecule has 13 aromatic carbocycles. The Morgan fingerprint density at radius 3 is 1.28 bits per heavy atom. The molecule has 0 fully saturated rings. The second-order valence-corrected chi connectivity index (χ2v) is 19.5. The van der Waals surface area contributed by atoms with Crippen LogP contribution in [0.15, 0.2) is 273 Å². The van der Waals surface area contributed by atoms with Gasteiger partial charge in [0.25, 0.3) is 0 Å². The van der Waals surface area contributed by atoms with Gasteiger partial charge in [-0.1, -0.05) is 224 Å². The fourth-order valence-electron chi connectivity index (χ4n) is 12.7. The summed E-state index contributed by atoms with van der Waals surface area (Å²) in [6, 6.07) is 102. The summed E-state index contributed by atoms with van der Waals surface area (Å²) in [7, 11) is 0. The van der Waals surface area contributed by atoms with Crippen molar-refractivity contribution >= 4 is 60.2 Å². The van der Waals surface area contributed by atoms with Crippen molar-refractivity contribution in [3.8, 4) is 55.6 Å². The van der Waals surface area contributed by atoms with Gasteiger partial charge in [0, 0.05) is 16.9 Å². The molecule has 0 saturated carbocycles. The number of fused-ring (bicyclic) bond motifs is 17. The Morgan fingerprint density at radius 2 is 0.694 bits per heavy atom. The van der Waals surface area contributed by atoms with Crippen LogP contribution < -0.4 is 4.90 Å². The zero-order valence-corrected chi connectivity index (χ0v) is 39.4. The second-order valence-electron chi connectivity index (χ2n) is 19.5. The van der Waals surface area contributed by atoms with Crippen LogP contribution in [0.3, 0.4) is 0 Å². The Labute approximate surface area is 419 Å². The van der Waals surface area contributed by atoms with Gasteiger partial charge in [0.15, 0.2) is 0 Å². The molecule has 15 rings (SSSR count). The van der Waals surface area contributed by atoms with Crippen LogP contribution >= 0.6 is 0 Å². The first kappa shape index (κ1) is 40.6. The summed E-state index contributed by atoms with van der Waals surface area (Å²) < 4.78 is 0. The van der Waals surface area contributed by atoms with E-state index in [0.29, 0.717) is 0 Å². The van der Waals surface area contributed by atoms with Gasteiger partial charge in [-0.05, 0) is 164 Å². The monoisotopic (exact) mass is 911 g/mol. The number of hydrogen-bond donors (Lipinski definition) is 0. The van der Waals surface area contributed by atoms with Crippen molar-refractivity contribution in [3.05, 3.63) is 295 Å². The molecule has 0 heterocycles. The first-order valence-corrected chi connectivity index (χ1v) is 25.1. The van der Waals surface area contributed by atoms with Gasteiger partial charge >= 0.3 is 0 Å². The molecule has 0 unspecified atom stereocenters. The maximum atomic E-state index is 2.58. The van der Waals surface area contributed by atoms with Gasteiger partial charge < -0.3 is 4.90 Å². The van der Waals surface area contributed by atoms with Crippen LogP contribution in [0.25, 0.3) is 98.7 Å². The quantitative estimate of drug-likeness (QED) is 0.150. The number of hydrogen-bond acceptors (Lipinski definition) is 1. The fraction of sp³-hybridized carbons (Fsp3) is 0.0141. The third kappa shape index (κ3) is 5.95. The van der Waals surface area contributed by atoms with Gasteiger partial charge in [-0.3, -0.25) is 0 Å². The standard InChI is InChI=1S/C71H45N/c1-3-19-46(20-4-1)51-40-52(47-21-5-2-6-22-47)42-54(41-51)72(53-37-38-59-57-27-10-9-25-55(57)56-26-11-12-28-58(56)64(59)43-53)70-45-69-65(44-63(70)50-36-35-48-23-7-8-24-49(48)39-50)62-31-15-18-34-68(62)71(69)66-32-16-13-29-60(66)61-30-14-17-33-67(61)71/h1-45H. The van der Waals surface area contributed by atoms with Crippen molar-refractivity contribution in [2.24, 2.45) is 0 Å². The summed E-state index contributed by atoms with van der Waals surface area (Å²) in [6.45, 7) is 0. The Hall–Kier alpha value is -9.30. The molecule has 2 aliphatic rings. The number of anilines is 3. The molecular weight excluding hydrogens is 867 g/mol. The Balaban J connectivity index is 1.11. The van der Waals surface area contributed by atoms with Crippen molar-refractivity contribution < 1.29 is 0 Å². The molecular formula is C71H45N. The molecule has 0 aliphatic heterocycles. The van der Waals surface area contributed by atoms with Crippen LogP contribution in [0.2, 0.25) is 0 Å². The van der Waals surface area contributed by atoms with Gasteiger partial charge in [-0.15, -0.1) is 0 Å². The average Bonchev–Trinajstić information content (AvgIpc) is 3.93. The van der Waals surface area contributed by atoms with Crippen LogP contribution in [0.4, 0.5) is 17.1 Å². The average molecular weight is 912 g/mol. The van der Waals surface area contributed by atoms with Crippen LogP contribution in [0.1, 0.15) is 22.3 Å². The predicted octanol–water partition coefficient (Wildman–Crippen LogP) is 19.1. The van der Waals surface area contributed by atoms with Crippen LogP contribution in [-0.2, 0) is 5.41 Å². The van der Waals surface area contributed by atoms with E-state index in [1.54, 1.807) is 0 Å². The Kier molecular flexibility index (Phi) is 8.94. The van der Waals surface area contributed by atoms with E-state index in [4.69, 9.17) is 0 Å². The molecule has 1 nitrogen and oxygen atoms in total. The Bertz CT molecular complexity index is 4200. The molecule has 334 valence electrons. The van der Waals surface area contributed by atoms with E-state index in [1.807, 2.05) is 0 Å². The molecule has 0 saturated heterocycles. The van der Waals surface area contributed by atoms with Crippen molar-refractivity contribution in [2.75, 3.05) is 4.90 Å². The molecule has 0 aromatic heterocycles. The van der Waals surface area contributed by atoms with Gasteiger partial charge in [-0.2, -0.15) is 0 Å². The maximum Gasteiger partial charge on any atom is 0.0726 e. The third-order valence-electron chi connectivity index (χ3n) is 15.8. The zero-order valence-electron chi connectivity index (χ0n) is 39.4. The molecule has 0 amide bonds. The highest BCUT2D eigenvalue weighted by atomic mass is 15.1. The molecule has 0 radical (unpaired) electrons. The smallest absolute Gasteiger partial charge is 0.0726 e. The number of nitrogens with zero attached hydrogens (tertiary/aromatic N) is 1. The second kappa shape index (κ2) is 15.9. The molecule has 0 N–H and O–H groups in total. The summed E-state index contributed by atoms with van der Waals surface area (Å²) in [5, 5.41) is 9.94. The van der Waals surface area contributed by atoms with Crippen LogP contribution in [0.5, 0.6) is 0 Å². The summed E-state index contributed by atoms with van der Waals surface area (Å²) in [6.07, 6.45) is 0. The van der Waals surface area contributed by atoms with Crippen molar-refractivity contribution in [3.63, 3.8) is 0 Å². The lowest BCUT2D eigenvalue weighted by molar-refractivity contribution is 0.794. The van der Waals surface area contributed by atoms with Crippen molar-refractivity contribution in [1.29, 1.82) is 0 Å². The molecule has 2 aliphatic carbocycles. The lowest BCUT2D eigenvalue weighted by Gasteiger charge is -2.34. The zero-order chi connectivity index (χ0) is 47.3. The minimum Gasteiger partial charge on any atom is -0.310 e. The van der Waals surface area contributed by atoms with Gasteiger partial charge in [0.05, 0.1) is 11.1 Å². The van der Waals surface area contributed by atoms with E-state index in [2.05, 4.69) is 278 Å². The highest BCUT2D eigenvalue weighted by Gasteiger charge is 2.52. The molecule has 1 heteroatoms. The molecule has 72 heavy (non-hydrogen) atoms. The van der Waals surface area contributed by atoms with E-state index in [-0.39, 0.29) is 0 Å². The molecule has 0 bridgehead atoms. The van der Waals surface area contributed by atoms with E-state index in [1.165, 1.54) is 110 Å².